The third-order valence-electron chi connectivity index (χ3n) is 5.96. The highest BCUT2D eigenvalue weighted by Gasteiger charge is 2.29. The number of aromatic nitrogens is 2. The molecule has 3 heterocycles. The Hall–Kier alpha value is -3.14. The van der Waals surface area contributed by atoms with Crippen LogP contribution in [0, 0.1) is 0 Å². The van der Waals surface area contributed by atoms with Crippen molar-refractivity contribution < 1.29 is 36.2 Å². The van der Waals surface area contributed by atoms with Crippen LogP contribution in [0.5, 0.6) is 5.88 Å². The van der Waals surface area contributed by atoms with Crippen LogP contribution in [-0.4, -0.2) is 54.5 Å². The first-order valence-electron chi connectivity index (χ1n) is 11.5. The molecular formula is C24H28F3N5O5S2. The minimum atomic E-state index is -4.41. The lowest BCUT2D eigenvalue weighted by Gasteiger charge is -2.34. The van der Waals surface area contributed by atoms with Crippen molar-refractivity contribution in [3.05, 3.63) is 65.0 Å². The Balaban J connectivity index is 0.00000420. The molecule has 4 rings (SSSR count). The van der Waals surface area contributed by atoms with Gasteiger partial charge in [-0.3, -0.25) is 9.21 Å². The van der Waals surface area contributed by atoms with Crippen molar-refractivity contribution in [3.8, 4) is 5.88 Å². The Bertz CT molecular complexity index is 1250. The molecule has 2 aromatic heterocycles. The standard InChI is InChI=1S/C24H26F3N5O5S.H2S/c1-15(17-5-7-22(28-12-17)35-14-24(25,26)27)32-9-8-16-4-6-19(10-18(16)13-32)31(2)38-37-30-21-11-20(36-29-21)23(33)34-3;/h4-7,10-12,15H,8-9,13-14H2,1-3H3,(H,29,30);1H2. The van der Waals surface area contributed by atoms with Crippen LogP contribution in [0.15, 0.2) is 47.1 Å². The molecule has 1 aliphatic rings. The van der Waals surface area contributed by atoms with Crippen LogP contribution >= 0.6 is 25.7 Å². The quantitative estimate of drug-likeness (QED) is 0.149. The molecule has 3 aromatic rings. The van der Waals surface area contributed by atoms with E-state index in [1.807, 2.05) is 24.3 Å². The smallest absolute Gasteiger partial charge is 0.422 e. The molecular weight excluding hydrogens is 559 g/mol. The van der Waals surface area contributed by atoms with Gasteiger partial charge in [-0.1, -0.05) is 17.3 Å². The average Bonchev–Trinajstić information content (AvgIpc) is 3.39. The zero-order chi connectivity index (χ0) is 27.3. The Kier molecular flexibility index (Phi) is 10.4. The molecule has 1 N–H and O–H groups in total. The fourth-order valence-electron chi connectivity index (χ4n) is 3.86. The van der Waals surface area contributed by atoms with E-state index in [-0.39, 0.29) is 37.0 Å². The lowest BCUT2D eigenvalue weighted by molar-refractivity contribution is -0.154. The van der Waals surface area contributed by atoms with Crippen molar-refractivity contribution in [2.24, 2.45) is 0 Å². The van der Waals surface area contributed by atoms with Gasteiger partial charge < -0.3 is 14.0 Å². The zero-order valence-corrected chi connectivity index (χ0v) is 23.1. The second-order valence-electron chi connectivity index (χ2n) is 8.51. The van der Waals surface area contributed by atoms with Gasteiger partial charge in [0.25, 0.3) is 0 Å². The van der Waals surface area contributed by atoms with Gasteiger partial charge in [-0.2, -0.15) is 31.0 Å². The van der Waals surface area contributed by atoms with E-state index in [2.05, 4.69) is 37.4 Å². The van der Waals surface area contributed by atoms with Gasteiger partial charge in [-0.25, -0.2) is 15.3 Å². The summed E-state index contributed by atoms with van der Waals surface area (Å²) in [6.07, 6.45) is -1.99. The molecule has 212 valence electrons. The first-order valence-corrected chi connectivity index (χ1v) is 12.2. The third kappa shape index (κ3) is 8.17. The summed E-state index contributed by atoms with van der Waals surface area (Å²) in [5.74, 6) is -0.532. The van der Waals surface area contributed by atoms with Crippen molar-refractivity contribution in [1.82, 2.24) is 15.0 Å². The summed E-state index contributed by atoms with van der Waals surface area (Å²) in [4.78, 5) is 17.8. The lowest BCUT2D eigenvalue weighted by Crippen LogP contribution is -2.33. The number of carbonyl (C=O) groups excluding carboxylic acids is 1. The molecule has 10 nitrogen and oxygen atoms in total. The van der Waals surface area contributed by atoms with Crippen molar-refractivity contribution in [3.63, 3.8) is 0 Å². The van der Waals surface area contributed by atoms with Gasteiger partial charge in [0.05, 0.1) is 7.11 Å². The van der Waals surface area contributed by atoms with Gasteiger partial charge >= 0.3 is 12.1 Å². The highest BCUT2D eigenvalue weighted by molar-refractivity contribution is 7.96. The molecule has 15 heteroatoms. The molecule has 0 radical (unpaired) electrons. The Labute approximate surface area is 234 Å². The number of methoxy groups -OCH3 is 1. The summed E-state index contributed by atoms with van der Waals surface area (Å²) in [7, 11) is 3.08. The van der Waals surface area contributed by atoms with Crippen LogP contribution in [-0.2, 0) is 22.0 Å². The molecule has 0 bridgehead atoms. The summed E-state index contributed by atoms with van der Waals surface area (Å²) >= 11 is 1.03. The normalized spacial score (nSPS) is 14.1. The number of alkyl halides is 3. The van der Waals surface area contributed by atoms with Gasteiger partial charge in [0, 0.05) is 50.2 Å². The molecule has 1 aromatic carbocycles. The van der Waals surface area contributed by atoms with E-state index in [1.54, 1.807) is 12.3 Å². The first kappa shape index (κ1) is 30.4. The summed E-state index contributed by atoms with van der Waals surface area (Å²) in [5, 5.41) is 3.68. The second-order valence-corrected chi connectivity index (χ2v) is 9.37. The van der Waals surface area contributed by atoms with Gasteiger partial charge in [0.15, 0.2) is 12.4 Å². The maximum absolute atomic E-state index is 12.4. The van der Waals surface area contributed by atoms with Crippen molar-refractivity contribution in [2.75, 3.05) is 37.1 Å². The van der Waals surface area contributed by atoms with Gasteiger partial charge in [-0.05, 0) is 42.2 Å². The number of hydrogen-bond acceptors (Lipinski definition) is 11. The minimum Gasteiger partial charge on any atom is -0.468 e. The van der Waals surface area contributed by atoms with E-state index in [1.165, 1.54) is 30.4 Å². The molecule has 0 fully saturated rings. The fraction of sp³-hybridized carbons (Fsp3) is 0.375. The first-order chi connectivity index (χ1) is 18.1. The third-order valence-corrected chi connectivity index (χ3v) is 6.55. The Morgan fingerprint density at radius 3 is 2.74 bits per heavy atom. The van der Waals surface area contributed by atoms with Crippen LogP contribution in [0.3, 0.4) is 0 Å². The van der Waals surface area contributed by atoms with E-state index in [9.17, 15) is 18.0 Å². The Morgan fingerprint density at radius 2 is 2.05 bits per heavy atom. The number of halogens is 3. The van der Waals surface area contributed by atoms with E-state index in [0.29, 0.717) is 6.54 Å². The lowest BCUT2D eigenvalue weighted by atomic mass is 9.97. The number of pyridine rings is 1. The van der Waals surface area contributed by atoms with Gasteiger partial charge in [0.1, 0.15) is 12.2 Å². The van der Waals surface area contributed by atoms with Crippen LogP contribution in [0.1, 0.15) is 40.2 Å². The number of esters is 1. The highest BCUT2D eigenvalue weighted by Crippen LogP contribution is 2.31. The number of nitrogens with zero attached hydrogens (tertiary/aromatic N) is 4. The van der Waals surface area contributed by atoms with Gasteiger partial charge in [-0.15, -0.1) is 0 Å². The van der Waals surface area contributed by atoms with E-state index >= 15 is 0 Å². The molecule has 1 unspecified atom stereocenters. The minimum absolute atomic E-state index is 0. The van der Waals surface area contributed by atoms with E-state index < -0.39 is 18.8 Å². The number of carbonyl (C=O) groups is 1. The number of benzene rings is 1. The van der Waals surface area contributed by atoms with Crippen LogP contribution in [0.2, 0.25) is 0 Å². The molecule has 39 heavy (non-hydrogen) atoms. The predicted octanol–water partition coefficient (Wildman–Crippen LogP) is 5.07. The highest BCUT2D eigenvalue weighted by atomic mass is 32.2. The largest absolute Gasteiger partial charge is 0.468 e. The van der Waals surface area contributed by atoms with E-state index in [4.69, 9.17) is 13.5 Å². The predicted molar refractivity (Wildman–Crippen MR) is 144 cm³/mol. The van der Waals surface area contributed by atoms with Crippen LogP contribution in [0.25, 0.3) is 0 Å². The molecule has 0 spiro atoms. The molecule has 0 saturated heterocycles. The number of fused-ring (bicyclic) bond motifs is 1. The van der Waals surface area contributed by atoms with Crippen molar-refractivity contribution in [1.29, 1.82) is 0 Å². The van der Waals surface area contributed by atoms with Crippen LogP contribution in [0.4, 0.5) is 24.7 Å². The number of anilines is 2. The van der Waals surface area contributed by atoms with E-state index in [0.717, 1.165) is 36.4 Å². The molecule has 1 aliphatic heterocycles. The summed E-state index contributed by atoms with van der Waals surface area (Å²) in [6, 6.07) is 10.8. The number of rotatable bonds is 10. The summed E-state index contributed by atoms with van der Waals surface area (Å²) in [5.41, 5.74) is 6.81. The SMILES string of the molecule is COC(=O)c1cc(NOSN(C)c2ccc3c(c2)CN(C(C)c2ccc(OCC(F)(F)F)nc2)CC3)no1.S. The van der Waals surface area contributed by atoms with Crippen molar-refractivity contribution in [2.45, 2.75) is 32.1 Å². The number of ether oxygens (including phenoxy) is 2. The van der Waals surface area contributed by atoms with Gasteiger partial charge in [0.2, 0.25) is 11.6 Å². The zero-order valence-electron chi connectivity index (χ0n) is 21.3. The maximum atomic E-state index is 12.4. The molecule has 0 amide bonds. The van der Waals surface area contributed by atoms with Crippen molar-refractivity contribution >= 4 is 43.2 Å². The summed E-state index contributed by atoms with van der Waals surface area (Å²) in [6.45, 7) is 2.20. The second kappa shape index (κ2) is 13.3. The molecule has 0 saturated carbocycles. The fourth-order valence-corrected chi connectivity index (χ4v) is 4.30. The summed E-state index contributed by atoms with van der Waals surface area (Å²) < 4.78 is 58.4. The number of nitrogens with one attached hydrogen (secondary N) is 1. The molecule has 0 aliphatic carbocycles. The maximum Gasteiger partial charge on any atom is 0.422 e. The molecule has 1 atom stereocenters. The van der Waals surface area contributed by atoms with Crippen LogP contribution < -0.4 is 14.5 Å². The Morgan fingerprint density at radius 1 is 1.26 bits per heavy atom. The topological polar surface area (TPSA) is 102 Å². The average molecular weight is 588 g/mol. The monoisotopic (exact) mass is 587 g/mol. The number of hydrogen-bond donors (Lipinski definition) is 1.